The molecule has 0 atom stereocenters. The summed E-state index contributed by atoms with van der Waals surface area (Å²) in [6.07, 6.45) is 85.0. The van der Waals surface area contributed by atoms with Gasteiger partial charge in [-0.3, -0.25) is 19.2 Å². The fourth-order valence-corrected chi connectivity index (χ4v) is 9.39. The molecule has 0 aliphatic rings. The molecule has 0 saturated heterocycles. The number of hydrogen-bond donors (Lipinski definition) is 4. The summed E-state index contributed by atoms with van der Waals surface area (Å²) in [7, 11) is 0. The van der Waals surface area contributed by atoms with E-state index in [0.717, 1.165) is 51.4 Å². The van der Waals surface area contributed by atoms with E-state index in [1.54, 1.807) is 0 Å². The molecule has 0 saturated carbocycles. The number of aliphatic carboxylic acids is 4. The fraction of sp³-hybridized carbons (Fsp3) is 0.833. The first-order chi connectivity index (χ1) is 39.1. The zero-order chi connectivity index (χ0) is 59.6. The van der Waals surface area contributed by atoms with Gasteiger partial charge < -0.3 is 20.4 Å². The first-order valence-electron chi connectivity index (χ1n) is 34.6. The molecule has 0 aromatic heterocycles. The minimum atomic E-state index is -0.664. The molecular formula is C72H136O8Os. The Kier molecular flexibility index (Phi) is 90.4. The molecule has 0 fully saturated rings. The van der Waals surface area contributed by atoms with Crippen molar-refractivity contribution in [2.45, 2.75) is 387 Å². The Labute approximate surface area is 516 Å². The smallest absolute Gasteiger partial charge is 0.303 e. The van der Waals surface area contributed by atoms with Crippen LogP contribution in [0.4, 0.5) is 0 Å². The second-order valence-corrected chi connectivity index (χ2v) is 22.9. The van der Waals surface area contributed by atoms with Gasteiger partial charge >= 0.3 is 23.9 Å². The van der Waals surface area contributed by atoms with Crippen molar-refractivity contribution in [1.29, 1.82) is 0 Å². The van der Waals surface area contributed by atoms with E-state index in [1.165, 1.54) is 283 Å². The average molecular weight is 1320 g/mol. The van der Waals surface area contributed by atoms with Crippen LogP contribution >= 0.6 is 0 Å². The maximum absolute atomic E-state index is 10.3. The van der Waals surface area contributed by atoms with Crippen LogP contribution in [0.15, 0.2) is 48.6 Å². The zero-order valence-corrected chi connectivity index (χ0v) is 56.5. The molecule has 0 amide bonds. The van der Waals surface area contributed by atoms with Gasteiger partial charge in [0.15, 0.2) is 0 Å². The van der Waals surface area contributed by atoms with Crippen LogP contribution in [0, 0.1) is 0 Å². The van der Waals surface area contributed by atoms with Crippen molar-refractivity contribution in [3.63, 3.8) is 0 Å². The summed E-state index contributed by atoms with van der Waals surface area (Å²) in [6, 6.07) is 0. The molecule has 0 aromatic carbocycles. The largest absolute Gasteiger partial charge is 0.481 e. The van der Waals surface area contributed by atoms with Crippen molar-refractivity contribution < 1.29 is 59.4 Å². The normalized spacial score (nSPS) is 11.1. The predicted molar refractivity (Wildman–Crippen MR) is 348 cm³/mol. The SMILES string of the molecule is CCCCCCCC/C=C\CCCCCCCC(=O)O.CCCCCCCC/C=C\CCCCCCCC(=O)O.CCCCCCCC/C=C\CCCCCCCC(=O)O.CCCCCCCC/C=C\CCCCCCCC(=O)O.[Os]. The first-order valence-corrected chi connectivity index (χ1v) is 34.6. The van der Waals surface area contributed by atoms with Crippen molar-refractivity contribution in [1.82, 2.24) is 0 Å². The van der Waals surface area contributed by atoms with Crippen molar-refractivity contribution in [3.05, 3.63) is 48.6 Å². The quantitative estimate of drug-likeness (QED) is 0.0347. The molecule has 0 heterocycles. The van der Waals surface area contributed by atoms with Crippen molar-refractivity contribution in [2.24, 2.45) is 0 Å². The molecule has 4 N–H and O–H groups in total. The van der Waals surface area contributed by atoms with E-state index in [0.29, 0.717) is 25.7 Å². The van der Waals surface area contributed by atoms with Crippen molar-refractivity contribution in [2.75, 3.05) is 0 Å². The number of carbonyl (C=O) groups is 4. The number of carboxylic acid groups (broad SMARTS) is 4. The van der Waals surface area contributed by atoms with Crippen molar-refractivity contribution in [3.8, 4) is 0 Å². The predicted octanol–water partition coefficient (Wildman–Crippen LogP) is 24.4. The maximum Gasteiger partial charge on any atom is 0.303 e. The summed E-state index contributed by atoms with van der Waals surface area (Å²) >= 11 is 0. The summed E-state index contributed by atoms with van der Waals surface area (Å²) in [6.45, 7) is 9.04. The summed E-state index contributed by atoms with van der Waals surface area (Å²) in [5.41, 5.74) is 0. The van der Waals surface area contributed by atoms with Gasteiger partial charge in [0.05, 0.1) is 0 Å². The van der Waals surface area contributed by atoms with Crippen molar-refractivity contribution >= 4 is 23.9 Å². The Bertz CT molecular complexity index is 1140. The summed E-state index contributed by atoms with van der Waals surface area (Å²) in [5.74, 6) is -2.66. The van der Waals surface area contributed by atoms with E-state index in [9.17, 15) is 19.2 Å². The number of hydrogen-bond acceptors (Lipinski definition) is 4. The third kappa shape index (κ3) is 103. The van der Waals surface area contributed by atoms with Gasteiger partial charge in [-0.15, -0.1) is 0 Å². The van der Waals surface area contributed by atoms with Crippen LogP contribution in [0.2, 0.25) is 0 Å². The summed E-state index contributed by atoms with van der Waals surface area (Å²) in [5, 5.41) is 34.0. The maximum atomic E-state index is 10.3. The second-order valence-electron chi connectivity index (χ2n) is 22.9. The van der Waals surface area contributed by atoms with Crippen LogP contribution in [-0.4, -0.2) is 44.3 Å². The second kappa shape index (κ2) is 83.9. The molecule has 480 valence electrons. The first kappa shape index (κ1) is 87.3. The van der Waals surface area contributed by atoms with Gasteiger partial charge in [0.1, 0.15) is 0 Å². The molecule has 0 unspecified atom stereocenters. The Morgan fingerprint density at radius 2 is 0.309 bits per heavy atom. The molecule has 0 bridgehead atoms. The monoisotopic (exact) mass is 1320 g/mol. The Balaban J connectivity index is -0.000000316. The zero-order valence-electron chi connectivity index (χ0n) is 54.0. The minimum Gasteiger partial charge on any atom is -0.481 e. The van der Waals surface area contributed by atoms with Gasteiger partial charge in [-0.05, 0) is 128 Å². The molecule has 0 aliphatic carbocycles. The van der Waals surface area contributed by atoms with E-state index in [4.69, 9.17) is 20.4 Å². The molecule has 0 rings (SSSR count). The van der Waals surface area contributed by atoms with Crippen LogP contribution in [0.25, 0.3) is 0 Å². The van der Waals surface area contributed by atoms with E-state index in [2.05, 4.69) is 76.3 Å². The molecule has 8 nitrogen and oxygen atoms in total. The molecule has 0 radical (unpaired) electrons. The molecule has 9 heteroatoms. The number of rotatable bonds is 60. The average Bonchev–Trinajstić information content (AvgIpc) is 3.43. The van der Waals surface area contributed by atoms with E-state index >= 15 is 0 Å². The molecule has 0 aromatic rings. The van der Waals surface area contributed by atoms with Crippen LogP contribution in [0.1, 0.15) is 387 Å². The van der Waals surface area contributed by atoms with Gasteiger partial charge in [-0.1, -0.05) is 282 Å². The van der Waals surface area contributed by atoms with Crippen LogP contribution in [-0.2, 0) is 39.0 Å². The third-order valence-corrected chi connectivity index (χ3v) is 14.6. The van der Waals surface area contributed by atoms with Gasteiger partial charge in [0.25, 0.3) is 0 Å². The molecular weight excluding hydrogens is 1180 g/mol. The Hall–Kier alpha value is -2.52. The number of allylic oxidation sites excluding steroid dienone is 8. The summed E-state index contributed by atoms with van der Waals surface area (Å²) < 4.78 is 0. The Morgan fingerprint density at radius 1 is 0.198 bits per heavy atom. The Morgan fingerprint density at radius 3 is 0.432 bits per heavy atom. The summed E-state index contributed by atoms with van der Waals surface area (Å²) in [4.78, 5) is 41.3. The van der Waals surface area contributed by atoms with Gasteiger partial charge in [-0.2, -0.15) is 0 Å². The van der Waals surface area contributed by atoms with Crippen LogP contribution in [0.5, 0.6) is 0 Å². The number of carboxylic acids is 4. The van der Waals surface area contributed by atoms with Gasteiger partial charge in [0, 0.05) is 45.5 Å². The third-order valence-electron chi connectivity index (χ3n) is 14.6. The van der Waals surface area contributed by atoms with Crippen LogP contribution in [0.3, 0.4) is 0 Å². The van der Waals surface area contributed by atoms with Gasteiger partial charge in [-0.25, -0.2) is 0 Å². The van der Waals surface area contributed by atoms with Crippen LogP contribution < -0.4 is 0 Å². The minimum absolute atomic E-state index is 0. The molecule has 0 spiro atoms. The number of unbranched alkanes of at least 4 members (excludes halogenated alkanes) is 44. The van der Waals surface area contributed by atoms with E-state index < -0.39 is 23.9 Å². The fourth-order valence-electron chi connectivity index (χ4n) is 9.39. The topological polar surface area (TPSA) is 149 Å². The molecule has 0 aliphatic heterocycles. The van der Waals surface area contributed by atoms with E-state index in [1.807, 2.05) is 0 Å². The molecule has 81 heavy (non-hydrogen) atoms. The van der Waals surface area contributed by atoms with Gasteiger partial charge in [0.2, 0.25) is 0 Å². The van der Waals surface area contributed by atoms with E-state index in [-0.39, 0.29) is 19.8 Å². The standard InChI is InChI=1S/4C18H34O2.Os/c4*1-2-3-4-5-6-7-8-9-10-11-12-13-14-15-16-17-18(19)20;/h4*9-10H,2-8,11-17H2,1H3,(H,19,20);/b4*10-9-;.